The van der Waals surface area contributed by atoms with Crippen molar-refractivity contribution in [1.29, 1.82) is 0 Å². The predicted molar refractivity (Wildman–Crippen MR) is 133 cm³/mol. The fraction of sp³-hybridized carbons (Fsp3) is 0.280. The van der Waals surface area contributed by atoms with Crippen molar-refractivity contribution in [3.8, 4) is 11.8 Å². The van der Waals surface area contributed by atoms with Crippen LogP contribution in [0.15, 0.2) is 42.7 Å². The molecule has 1 aliphatic heterocycles. The maximum absolute atomic E-state index is 14.5. The lowest BCUT2D eigenvalue weighted by molar-refractivity contribution is 0.442. The quantitative estimate of drug-likeness (QED) is 0.357. The van der Waals surface area contributed by atoms with Crippen LogP contribution in [-0.4, -0.2) is 58.1 Å². The molecule has 2 unspecified atom stereocenters. The Hall–Kier alpha value is -4.05. The van der Waals surface area contributed by atoms with Crippen LogP contribution >= 0.6 is 0 Å². The molecule has 1 aliphatic carbocycles. The number of anilines is 2. The molecule has 0 spiro atoms. The van der Waals surface area contributed by atoms with E-state index in [1.54, 1.807) is 19.4 Å². The number of aromatic nitrogens is 5. The number of fused-ring (bicyclic) bond motifs is 5. The molecule has 2 fully saturated rings. The number of halogens is 1. The molecule has 4 aromatic heterocycles. The average molecular weight is 471 g/mol. The van der Waals surface area contributed by atoms with Gasteiger partial charge in [-0.1, -0.05) is 0 Å². The Kier molecular flexibility index (Phi) is 4.34. The molecule has 1 saturated carbocycles. The van der Waals surface area contributed by atoms with Gasteiger partial charge in [-0.15, -0.1) is 0 Å². The standard InChI is InChI=1S/C25H23FN8O/c1-27-19-7-12(26)6-14-20-23(31-22(14)19)32-25(33-24(20)34-10-15-16(11-34)21(15)28-2)35-13-8-18-17(30-9-13)4-3-5-29-18/h3-9,15-16,21,27-28H,10-11H2,1-2H3,(H,31,32,33). The van der Waals surface area contributed by atoms with Crippen molar-refractivity contribution in [1.82, 2.24) is 30.2 Å². The highest BCUT2D eigenvalue weighted by molar-refractivity contribution is 6.14. The number of H-pyrrole nitrogens is 1. The molecule has 3 N–H and O–H groups in total. The van der Waals surface area contributed by atoms with Gasteiger partial charge in [-0.3, -0.25) is 9.97 Å². The van der Waals surface area contributed by atoms with Crippen LogP contribution in [0.1, 0.15) is 0 Å². The zero-order valence-electron chi connectivity index (χ0n) is 19.2. The van der Waals surface area contributed by atoms with E-state index in [-0.39, 0.29) is 11.8 Å². The largest absolute Gasteiger partial charge is 0.422 e. The number of benzene rings is 1. The van der Waals surface area contributed by atoms with Gasteiger partial charge in [0.1, 0.15) is 17.3 Å². The topological polar surface area (TPSA) is 104 Å². The minimum atomic E-state index is -0.316. The summed E-state index contributed by atoms with van der Waals surface area (Å²) < 4.78 is 20.6. The number of pyridine rings is 2. The molecule has 7 rings (SSSR count). The van der Waals surface area contributed by atoms with E-state index in [0.717, 1.165) is 46.2 Å². The highest BCUT2D eigenvalue weighted by Gasteiger charge is 2.55. The monoisotopic (exact) mass is 470 g/mol. The van der Waals surface area contributed by atoms with Gasteiger partial charge in [0, 0.05) is 43.8 Å². The maximum atomic E-state index is 14.5. The SMILES string of the molecule is CNc1cc(F)cc2c1[nH]c1nc(Oc3cnc4cccnc4c3)nc(N3CC4C(C3)C4NC)c12. The van der Waals surface area contributed by atoms with Crippen molar-refractivity contribution in [2.24, 2.45) is 11.8 Å². The Morgan fingerprint density at radius 2 is 1.94 bits per heavy atom. The first-order chi connectivity index (χ1) is 17.1. The van der Waals surface area contributed by atoms with Crippen LogP contribution < -0.4 is 20.3 Å². The number of nitrogens with one attached hydrogen (secondary N) is 3. The molecule has 2 atom stereocenters. The minimum Gasteiger partial charge on any atom is -0.422 e. The molecule has 10 heteroatoms. The van der Waals surface area contributed by atoms with Crippen molar-refractivity contribution in [3.05, 3.63) is 48.5 Å². The normalized spacial score (nSPS) is 21.1. The van der Waals surface area contributed by atoms with E-state index < -0.39 is 0 Å². The zero-order valence-corrected chi connectivity index (χ0v) is 19.2. The van der Waals surface area contributed by atoms with Gasteiger partial charge in [-0.2, -0.15) is 9.97 Å². The number of nitrogens with zero attached hydrogens (tertiary/aromatic N) is 5. The lowest BCUT2D eigenvalue weighted by Crippen LogP contribution is -2.30. The van der Waals surface area contributed by atoms with Gasteiger partial charge in [-0.25, -0.2) is 4.39 Å². The fourth-order valence-electron chi connectivity index (χ4n) is 5.52. The van der Waals surface area contributed by atoms with E-state index in [1.165, 1.54) is 12.1 Å². The van der Waals surface area contributed by atoms with Crippen molar-refractivity contribution in [2.75, 3.05) is 37.4 Å². The smallest absolute Gasteiger partial charge is 0.326 e. The van der Waals surface area contributed by atoms with Crippen molar-refractivity contribution < 1.29 is 9.13 Å². The Balaban J connectivity index is 1.37. The molecule has 35 heavy (non-hydrogen) atoms. The van der Waals surface area contributed by atoms with Gasteiger partial charge in [0.05, 0.1) is 33.8 Å². The van der Waals surface area contributed by atoms with Crippen molar-refractivity contribution >= 4 is 44.5 Å². The van der Waals surface area contributed by atoms with Gasteiger partial charge >= 0.3 is 6.01 Å². The average Bonchev–Trinajstić information content (AvgIpc) is 3.16. The summed E-state index contributed by atoms with van der Waals surface area (Å²) in [6.45, 7) is 1.76. The zero-order chi connectivity index (χ0) is 23.7. The van der Waals surface area contributed by atoms with Gasteiger partial charge in [0.25, 0.3) is 0 Å². The summed E-state index contributed by atoms with van der Waals surface area (Å²) in [6, 6.07) is 9.31. The molecule has 0 bridgehead atoms. The molecule has 0 amide bonds. The molecule has 5 aromatic rings. The number of aromatic amines is 1. The third-order valence-electron chi connectivity index (χ3n) is 7.22. The van der Waals surface area contributed by atoms with Crippen LogP contribution in [0.2, 0.25) is 0 Å². The van der Waals surface area contributed by atoms with Crippen LogP contribution in [0.25, 0.3) is 33.0 Å². The summed E-state index contributed by atoms with van der Waals surface area (Å²) in [7, 11) is 3.78. The molecule has 9 nitrogen and oxygen atoms in total. The maximum Gasteiger partial charge on any atom is 0.326 e. The van der Waals surface area contributed by atoms with Crippen LogP contribution in [-0.2, 0) is 0 Å². The Bertz CT molecular complexity index is 1610. The highest BCUT2D eigenvalue weighted by Crippen LogP contribution is 2.48. The van der Waals surface area contributed by atoms with Crippen LogP contribution in [0, 0.1) is 17.7 Å². The number of hydrogen-bond acceptors (Lipinski definition) is 8. The summed E-state index contributed by atoms with van der Waals surface area (Å²) in [5, 5.41) is 8.01. The summed E-state index contributed by atoms with van der Waals surface area (Å²) >= 11 is 0. The van der Waals surface area contributed by atoms with E-state index in [0.29, 0.717) is 35.0 Å². The highest BCUT2D eigenvalue weighted by atomic mass is 19.1. The molecule has 1 aromatic carbocycles. The summed E-state index contributed by atoms with van der Waals surface area (Å²) in [6.07, 6.45) is 3.36. The van der Waals surface area contributed by atoms with Gasteiger partial charge < -0.3 is 25.3 Å². The van der Waals surface area contributed by atoms with Crippen molar-refractivity contribution in [3.63, 3.8) is 0 Å². The Labute approximate surface area is 199 Å². The molecule has 176 valence electrons. The predicted octanol–water partition coefficient (Wildman–Crippen LogP) is 3.68. The number of hydrogen-bond donors (Lipinski definition) is 3. The van der Waals surface area contributed by atoms with Crippen LogP contribution in [0.4, 0.5) is 15.9 Å². The van der Waals surface area contributed by atoms with E-state index in [1.807, 2.05) is 25.2 Å². The lowest BCUT2D eigenvalue weighted by Gasteiger charge is -2.22. The Morgan fingerprint density at radius 3 is 2.74 bits per heavy atom. The first kappa shape index (κ1) is 20.3. The molecular weight excluding hydrogens is 447 g/mol. The number of ether oxygens (including phenoxy) is 1. The van der Waals surface area contributed by atoms with E-state index in [4.69, 9.17) is 9.72 Å². The minimum absolute atomic E-state index is 0.202. The first-order valence-corrected chi connectivity index (χ1v) is 11.6. The number of piperidine rings is 1. The van der Waals surface area contributed by atoms with Crippen LogP contribution in [0.3, 0.4) is 0 Å². The summed E-state index contributed by atoms with van der Waals surface area (Å²) in [4.78, 5) is 23.9. The second-order valence-electron chi connectivity index (χ2n) is 9.17. The van der Waals surface area contributed by atoms with E-state index >= 15 is 0 Å². The van der Waals surface area contributed by atoms with Gasteiger partial charge in [0.2, 0.25) is 0 Å². The lowest BCUT2D eigenvalue weighted by atomic mass is 10.1. The molecular formula is C25H23FN8O. The summed E-state index contributed by atoms with van der Waals surface area (Å²) in [5.74, 6) is 2.10. The van der Waals surface area contributed by atoms with E-state index in [2.05, 4.69) is 35.5 Å². The van der Waals surface area contributed by atoms with Crippen molar-refractivity contribution in [2.45, 2.75) is 6.04 Å². The van der Waals surface area contributed by atoms with Crippen LogP contribution in [0.5, 0.6) is 11.8 Å². The van der Waals surface area contributed by atoms with Gasteiger partial charge in [0.15, 0.2) is 5.75 Å². The third kappa shape index (κ3) is 3.17. The first-order valence-electron chi connectivity index (χ1n) is 11.6. The number of rotatable bonds is 5. The molecule has 5 heterocycles. The van der Waals surface area contributed by atoms with Gasteiger partial charge in [-0.05, 0) is 43.1 Å². The Morgan fingerprint density at radius 1 is 1.09 bits per heavy atom. The fourth-order valence-corrected chi connectivity index (χ4v) is 5.52. The molecule has 0 radical (unpaired) electrons. The summed E-state index contributed by atoms with van der Waals surface area (Å²) in [5.41, 5.74) is 3.55. The molecule has 1 saturated heterocycles. The van der Waals surface area contributed by atoms with E-state index in [9.17, 15) is 4.39 Å². The molecule has 2 aliphatic rings. The third-order valence-corrected chi connectivity index (χ3v) is 7.22. The second kappa shape index (κ2) is 7.47. The second-order valence-corrected chi connectivity index (χ2v) is 9.17.